The van der Waals surface area contributed by atoms with Crippen LogP contribution < -0.4 is 5.73 Å². The summed E-state index contributed by atoms with van der Waals surface area (Å²) in [6.45, 7) is 2.04. The molecule has 0 saturated heterocycles. The van der Waals surface area contributed by atoms with Crippen LogP contribution in [0.1, 0.15) is 29.4 Å². The number of hydrogen-bond donors (Lipinski definition) is 1. The molecule has 2 rings (SSSR count). The van der Waals surface area contributed by atoms with E-state index in [-0.39, 0.29) is 0 Å². The highest BCUT2D eigenvalue weighted by Crippen LogP contribution is 2.19. The van der Waals surface area contributed by atoms with Crippen molar-refractivity contribution in [3.8, 4) is 5.69 Å². The standard InChI is InChI=1S/C13H14ClN3O/c1-2-4-12-11(13(15)18)8-16-17(12)10-6-3-5-9(14)7-10/h3,5-8H,2,4H2,1H3,(H2,15,18). The van der Waals surface area contributed by atoms with E-state index in [0.717, 1.165) is 24.2 Å². The van der Waals surface area contributed by atoms with E-state index in [4.69, 9.17) is 17.3 Å². The Morgan fingerprint density at radius 3 is 2.89 bits per heavy atom. The number of benzene rings is 1. The number of hydrogen-bond acceptors (Lipinski definition) is 2. The number of primary amides is 1. The van der Waals surface area contributed by atoms with Crippen molar-refractivity contribution in [2.75, 3.05) is 0 Å². The average molecular weight is 264 g/mol. The fourth-order valence-corrected chi connectivity index (χ4v) is 2.07. The van der Waals surface area contributed by atoms with Crippen molar-refractivity contribution in [1.29, 1.82) is 0 Å². The van der Waals surface area contributed by atoms with Gasteiger partial charge in [0.05, 0.1) is 23.1 Å². The maximum Gasteiger partial charge on any atom is 0.252 e. The van der Waals surface area contributed by atoms with Gasteiger partial charge in [0, 0.05) is 5.02 Å². The Morgan fingerprint density at radius 2 is 2.28 bits per heavy atom. The van der Waals surface area contributed by atoms with Crippen LogP contribution in [-0.2, 0) is 6.42 Å². The van der Waals surface area contributed by atoms with Crippen molar-refractivity contribution in [3.63, 3.8) is 0 Å². The van der Waals surface area contributed by atoms with E-state index >= 15 is 0 Å². The Labute approximate surface area is 110 Å². The van der Waals surface area contributed by atoms with Crippen molar-refractivity contribution in [1.82, 2.24) is 9.78 Å². The molecule has 0 bridgehead atoms. The van der Waals surface area contributed by atoms with E-state index < -0.39 is 5.91 Å². The van der Waals surface area contributed by atoms with E-state index in [1.165, 1.54) is 6.20 Å². The summed E-state index contributed by atoms with van der Waals surface area (Å²) in [7, 11) is 0. The first-order valence-electron chi connectivity index (χ1n) is 5.76. The molecule has 5 heteroatoms. The van der Waals surface area contributed by atoms with E-state index in [1.807, 2.05) is 19.1 Å². The van der Waals surface area contributed by atoms with Gasteiger partial charge in [0.15, 0.2) is 0 Å². The third-order valence-electron chi connectivity index (χ3n) is 2.67. The van der Waals surface area contributed by atoms with Crippen LogP contribution in [0, 0.1) is 0 Å². The topological polar surface area (TPSA) is 60.9 Å². The third kappa shape index (κ3) is 2.38. The second-order valence-electron chi connectivity index (χ2n) is 4.01. The molecule has 94 valence electrons. The lowest BCUT2D eigenvalue weighted by molar-refractivity contribution is 0.0999. The van der Waals surface area contributed by atoms with Crippen LogP contribution in [0.2, 0.25) is 5.02 Å². The van der Waals surface area contributed by atoms with Crippen molar-refractivity contribution >= 4 is 17.5 Å². The highest BCUT2D eigenvalue weighted by molar-refractivity contribution is 6.30. The lowest BCUT2D eigenvalue weighted by Crippen LogP contribution is -2.14. The summed E-state index contributed by atoms with van der Waals surface area (Å²) in [6.07, 6.45) is 3.16. The molecule has 18 heavy (non-hydrogen) atoms. The number of nitrogens with two attached hydrogens (primary N) is 1. The lowest BCUT2D eigenvalue weighted by Gasteiger charge is -2.08. The van der Waals surface area contributed by atoms with Crippen LogP contribution in [0.5, 0.6) is 0 Å². The molecule has 0 spiro atoms. The summed E-state index contributed by atoms with van der Waals surface area (Å²) >= 11 is 5.96. The summed E-state index contributed by atoms with van der Waals surface area (Å²) in [5, 5.41) is 4.86. The fraction of sp³-hybridized carbons (Fsp3) is 0.231. The number of halogens is 1. The van der Waals surface area contributed by atoms with Gasteiger partial charge in [-0.15, -0.1) is 0 Å². The average Bonchev–Trinajstić information content (AvgIpc) is 2.73. The first-order valence-corrected chi connectivity index (χ1v) is 6.14. The van der Waals surface area contributed by atoms with Crippen molar-refractivity contribution in [2.24, 2.45) is 5.73 Å². The highest BCUT2D eigenvalue weighted by Gasteiger charge is 2.15. The quantitative estimate of drug-likeness (QED) is 0.922. The number of rotatable bonds is 4. The minimum Gasteiger partial charge on any atom is -0.365 e. The molecule has 0 aliphatic carbocycles. The number of carbonyl (C=O) groups is 1. The zero-order chi connectivity index (χ0) is 13.1. The molecular formula is C13H14ClN3O. The fourth-order valence-electron chi connectivity index (χ4n) is 1.89. The van der Waals surface area contributed by atoms with Crippen LogP contribution in [0.4, 0.5) is 0 Å². The molecule has 2 N–H and O–H groups in total. The number of carbonyl (C=O) groups excluding carboxylic acids is 1. The molecule has 0 unspecified atom stereocenters. The molecule has 2 aromatic rings. The number of amides is 1. The van der Waals surface area contributed by atoms with Crippen molar-refractivity contribution in [2.45, 2.75) is 19.8 Å². The van der Waals surface area contributed by atoms with Crippen LogP contribution in [0.3, 0.4) is 0 Å². The zero-order valence-electron chi connectivity index (χ0n) is 10.1. The highest BCUT2D eigenvalue weighted by atomic mass is 35.5. The van der Waals surface area contributed by atoms with Gasteiger partial charge in [0.25, 0.3) is 5.91 Å². The Kier molecular flexibility index (Phi) is 3.67. The van der Waals surface area contributed by atoms with E-state index in [2.05, 4.69) is 5.10 Å². The number of aromatic nitrogens is 2. The van der Waals surface area contributed by atoms with Gasteiger partial charge in [0.2, 0.25) is 0 Å². The minimum absolute atomic E-state index is 0.452. The molecule has 0 saturated carbocycles. The lowest BCUT2D eigenvalue weighted by atomic mass is 10.1. The molecule has 1 amide bonds. The van der Waals surface area contributed by atoms with Gasteiger partial charge in [-0.3, -0.25) is 4.79 Å². The molecule has 4 nitrogen and oxygen atoms in total. The molecule has 1 aromatic heterocycles. The molecular weight excluding hydrogens is 250 g/mol. The van der Waals surface area contributed by atoms with Gasteiger partial charge < -0.3 is 5.73 Å². The molecule has 0 atom stereocenters. The molecule has 0 fully saturated rings. The van der Waals surface area contributed by atoms with Crippen LogP contribution in [0.15, 0.2) is 30.5 Å². The van der Waals surface area contributed by atoms with E-state index in [9.17, 15) is 4.79 Å². The Morgan fingerprint density at radius 1 is 1.50 bits per heavy atom. The third-order valence-corrected chi connectivity index (χ3v) is 2.91. The Balaban J connectivity index is 2.54. The van der Waals surface area contributed by atoms with Crippen LogP contribution >= 0.6 is 11.6 Å². The van der Waals surface area contributed by atoms with Gasteiger partial charge >= 0.3 is 0 Å². The normalized spacial score (nSPS) is 10.6. The summed E-state index contributed by atoms with van der Waals surface area (Å²) < 4.78 is 1.72. The summed E-state index contributed by atoms with van der Waals surface area (Å²) in [4.78, 5) is 11.4. The molecule has 0 radical (unpaired) electrons. The second kappa shape index (κ2) is 5.23. The maximum absolute atomic E-state index is 11.4. The molecule has 1 heterocycles. The van der Waals surface area contributed by atoms with Crippen LogP contribution in [-0.4, -0.2) is 15.7 Å². The van der Waals surface area contributed by atoms with Crippen molar-refractivity contribution < 1.29 is 4.79 Å². The first kappa shape index (κ1) is 12.6. The monoisotopic (exact) mass is 263 g/mol. The van der Waals surface area contributed by atoms with Gasteiger partial charge in [-0.1, -0.05) is 31.0 Å². The Bertz CT molecular complexity index is 577. The Hall–Kier alpha value is -1.81. The predicted octanol–water partition coefficient (Wildman–Crippen LogP) is 2.58. The van der Waals surface area contributed by atoms with Gasteiger partial charge in [-0.2, -0.15) is 5.10 Å². The number of nitrogens with zero attached hydrogens (tertiary/aromatic N) is 2. The summed E-state index contributed by atoms with van der Waals surface area (Å²) in [5.74, 6) is -0.452. The minimum atomic E-state index is -0.452. The maximum atomic E-state index is 11.4. The van der Waals surface area contributed by atoms with Gasteiger partial charge in [-0.05, 0) is 24.6 Å². The van der Waals surface area contributed by atoms with Gasteiger partial charge in [0.1, 0.15) is 0 Å². The zero-order valence-corrected chi connectivity index (χ0v) is 10.8. The predicted molar refractivity (Wildman–Crippen MR) is 71.1 cm³/mol. The van der Waals surface area contributed by atoms with Crippen molar-refractivity contribution in [3.05, 3.63) is 46.7 Å². The van der Waals surface area contributed by atoms with E-state index in [1.54, 1.807) is 16.8 Å². The van der Waals surface area contributed by atoms with Gasteiger partial charge in [-0.25, -0.2) is 4.68 Å². The molecule has 1 aromatic carbocycles. The summed E-state index contributed by atoms with van der Waals surface area (Å²) in [5.41, 5.74) is 7.48. The second-order valence-corrected chi connectivity index (χ2v) is 4.45. The first-order chi connectivity index (χ1) is 8.63. The van der Waals surface area contributed by atoms with Crippen LogP contribution in [0.25, 0.3) is 5.69 Å². The summed E-state index contributed by atoms with van der Waals surface area (Å²) in [6, 6.07) is 7.34. The molecule has 0 aliphatic rings. The van der Waals surface area contributed by atoms with E-state index in [0.29, 0.717) is 10.6 Å². The largest absolute Gasteiger partial charge is 0.365 e. The molecule has 0 aliphatic heterocycles. The SMILES string of the molecule is CCCc1c(C(N)=O)cnn1-c1cccc(Cl)c1. The smallest absolute Gasteiger partial charge is 0.252 e.